The van der Waals surface area contributed by atoms with E-state index in [0.29, 0.717) is 11.8 Å². The number of anilines is 1. The number of hydrogen-bond acceptors (Lipinski definition) is 9. The minimum absolute atomic E-state index is 0.00447. The molecule has 1 aliphatic heterocycles. The van der Waals surface area contributed by atoms with E-state index < -0.39 is 36.0 Å². The van der Waals surface area contributed by atoms with Crippen LogP contribution in [0.25, 0.3) is 0 Å². The highest BCUT2D eigenvalue weighted by Crippen LogP contribution is 2.30. The maximum Gasteiger partial charge on any atom is 0.433 e. The minimum atomic E-state index is -4.73. The molecule has 1 atom stereocenters. The van der Waals surface area contributed by atoms with Gasteiger partial charge in [0.05, 0.1) is 31.6 Å². The maximum atomic E-state index is 13.3. The Labute approximate surface area is 214 Å². The molecule has 1 fully saturated rings. The molecule has 1 N–H and O–H groups in total. The Kier molecular flexibility index (Phi) is 7.48. The number of alkyl halides is 3. The van der Waals surface area contributed by atoms with Crippen LogP contribution >= 0.6 is 0 Å². The summed E-state index contributed by atoms with van der Waals surface area (Å²) in [7, 11) is 3.02. The van der Waals surface area contributed by atoms with Gasteiger partial charge in [0.25, 0.3) is 5.91 Å². The highest BCUT2D eigenvalue weighted by molar-refractivity contribution is 6.04. The molecule has 4 rings (SSSR count). The van der Waals surface area contributed by atoms with Crippen molar-refractivity contribution in [3.63, 3.8) is 0 Å². The lowest BCUT2D eigenvalue weighted by Crippen LogP contribution is -2.47. The molecule has 1 aromatic carbocycles. The van der Waals surface area contributed by atoms with Gasteiger partial charge in [0, 0.05) is 13.6 Å². The number of rotatable bonds is 9. The number of nitrogens with one attached hydrogen (secondary N) is 1. The summed E-state index contributed by atoms with van der Waals surface area (Å²) in [5.41, 5.74) is -1.69. The first-order valence-corrected chi connectivity index (χ1v) is 11.3. The van der Waals surface area contributed by atoms with Crippen molar-refractivity contribution in [1.82, 2.24) is 30.1 Å². The quantitative estimate of drug-likeness (QED) is 0.439. The molecule has 1 unspecified atom stereocenters. The second-order valence-corrected chi connectivity index (χ2v) is 8.75. The molecule has 1 saturated heterocycles. The molecule has 2 amide bonds. The van der Waals surface area contributed by atoms with Crippen molar-refractivity contribution in [1.29, 1.82) is 0 Å². The van der Waals surface area contributed by atoms with E-state index >= 15 is 0 Å². The topological polar surface area (TPSA) is 134 Å². The van der Waals surface area contributed by atoms with E-state index in [2.05, 4.69) is 25.8 Å². The van der Waals surface area contributed by atoms with Crippen LogP contribution in [-0.4, -0.2) is 68.0 Å². The van der Waals surface area contributed by atoms with Crippen molar-refractivity contribution in [2.24, 2.45) is 7.05 Å². The summed E-state index contributed by atoms with van der Waals surface area (Å²) in [4.78, 5) is 30.3. The molecule has 0 bridgehead atoms. The molecule has 0 saturated carbocycles. The lowest BCUT2D eigenvalue weighted by molar-refractivity contribution is -0.141. The second-order valence-electron chi connectivity index (χ2n) is 8.75. The summed E-state index contributed by atoms with van der Waals surface area (Å²) in [6.45, 7) is 1.41. The number of tetrazole rings is 1. The van der Waals surface area contributed by atoms with E-state index in [1.54, 1.807) is 38.3 Å². The Balaban J connectivity index is 1.50. The van der Waals surface area contributed by atoms with Crippen molar-refractivity contribution in [2.45, 2.75) is 31.8 Å². The zero-order chi connectivity index (χ0) is 27.5. The molecule has 3 heterocycles. The number of pyridine rings is 1. The number of carbonyl (C=O) groups is 2. The Morgan fingerprint density at radius 1 is 1.21 bits per heavy atom. The minimum Gasteiger partial charge on any atom is -0.497 e. The van der Waals surface area contributed by atoms with Crippen LogP contribution in [0.2, 0.25) is 0 Å². The van der Waals surface area contributed by atoms with Gasteiger partial charge in [-0.25, -0.2) is 14.5 Å². The normalized spacial score (nSPS) is 17.4. The maximum absolute atomic E-state index is 13.3. The van der Waals surface area contributed by atoms with Crippen molar-refractivity contribution >= 4 is 17.9 Å². The third-order valence-corrected chi connectivity index (χ3v) is 5.88. The van der Waals surface area contributed by atoms with Gasteiger partial charge in [0.15, 0.2) is 0 Å². The molecule has 15 heteroatoms. The molecule has 0 aliphatic carbocycles. The van der Waals surface area contributed by atoms with Gasteiger partial charge in [-0.05, 0) is 47.2 Å². The first-order valence-electron chi connectivity index (χ1n) is 11.3. The van der Waals surface area contributed by atoms with Crippen LogP contribution in [0.4, 0.5) is 23.9 Å². The van der Waals surface area contributed by atoms with Crippen molar-refractivity contribution in [3.05, 3.63) is 58.9 Å². The lowest BCUT2D eigenvalue weighted by atomic mass is 10.0. The first kappa shape index (κ1) is 26.8. The molecule has 3 aromatic rings. The average Bonchev–Trinajstić information content (AvgIpc) is 3.41. The second kappa shape index (κ2) is 10.6. The number of aromatic nitrogens is 5. The Hall–Kier alpha value is -4.27. The van der Waals surface area contributed by atoms with Gasteiger partial charge >= 0.3 is 12.3 Å². The van der Waals surface area contributed by atoms with Crippen LogP contribution in [0.3, 0.4) is 0 Å². The van der Waals surface area contributed by atoms with Crippen LogP contribution in [0, 0.1) is 0 Å². The Bertz CT molecular complexity index is 1320. The molecule has 2 aromatic heterocycles. The van der Waals surface area contributed by atoms with Crippen LogP contribution in [-0.2, 0) is 35.8 Å². The summed E-state index contributed by atoms with van der Waals surface area (Å²) in [5.74, 6) is -0.118. The third kappa shape index (κ3) is 5.82. The zero-order valence-corrected chi connectivity index (χ0v) is 20.7. The summed E-state index contributed by atoms with van der Waals surface area (Å²) in [6, 6.07) is 8.83. The Morgan fingerprint density at radius 2 is 1.95 bits per heavy atom. The number of cyclic esters (lactones) is 1. The van der Waals surface area contributed by atoms with Crippen molar-refractivity contribution in [2.75, 3.05) is 25.6 Å². The summed E-state index contributed by atoms with van der Waals surface area (Å²) in [6.07, 6.45) is -5.29. The van der Waals surface area contributed by atoms with Crippen molar-refractivity contribution in [3.8, 4) is 5.75 Å². The van der Waals surface area contributed by atoms with Gasteiger partial charge in [0.1, 0.15) is 23.6 Å². The van der Waals surface area contributed by atoms with E-state index in [-0.39, 0.29) is 37.0 Å². The fraction of sp³-hybridized carbons (Fsp3) is 0.391. The first-order chi connectivity index (χ1) is 18.0. The standard InChI is InChI=1S/C23H24F3N7O5/c1-22(13-38-21(35)33(22)10-14-4-6-15(36-3)7-5-14)12-37-11-17-16(8-9-18(27-17)23(24,25)26)19(34)28-20-29-30-31-32(20)2/h4-9H,10-13H2,1-3H3,(H,28,29,31,34). The number of ether oxygens (including phenoxy) is 3. The van der Waals surface area contributed by atoms with Crippen LogP contribution in [0.1, 0.15) is 34.2 Å². The van der Waals surface area contributed by atoms with Gasteiger partial charge in [0.2, 0.25) is 5.95 Å². The molecule has 38 heavy (non-hydrogen) atoms. The van der Waals surface area contributed by atoms with Gasteiger partial charge in [-0.2, -0.15) is 13.2 Å². The van der Waals surface area contributed by atoms with Gasteiger partial charge in [-0.3, -0.25) is 15.0 Å². The number of methoxy groups -OCH3 is 1. The number of halogens is 3. The monoisotopic (exact) mass is 535 g/mol. The average molecular weight is 535 g/mol. The SMILES string of the molecule is COc1ccc(CN2C(=O)OCC2(C)COCc2nc(C(F)(F)F)ccc2C(=O)Nc2nnnn2C)cc1. The fourth-order valence-electron chi connectivity index (χ4n) is 3.73. The van der Waals surface area contributed by atoms with E-state index in [0.717, 1.165) is 11.6 Å². The highest BCUT2D eigenvalue weighted by atomic mass is 19.4. The molecule has 202 valence electrons. The summed E-state index contributed by atoms with van der Waals surface area (Å²) >= 11 is 0. The predicted octanol–water partition coefficient (Wildman–Crippen LogP) is 2.81. The summed E-state index contributed by atoms with van der Waals surface area (Å²) in [5, 5.41) is 13.0. The van der Waals surface area contributed by atoms with E-state index in [1.165, 1.54) is 16.6 Å². The number of carbonyl (C=O) groups excluding carboxylic acids is 2. The van der Waals surface area contributed by atoms with Crippen LogP contribution < -0.4 is 10.1 Å². The highest BCUT2D eigenvalue weighted by Gasteiger charge is 2.44. The predicted molar refractivity (Wildman–Crippen MR) is 124 cm³/mol. The smallest absolute Gasteiger partial charge is 0.433 e. The van der Waals surface area contributed by atoms with Crippen molar-refractivity contribution < 1.29 is 37.0 Å². The van der Waals surface area contributed by atoms with E-state index in [1.807, 2.05) is 0 Å². The fourth-order valence-corrected chi connectivity index (χ4v) is 3.73. The molecular formula is C23H24F3N7O5. The molecule has 0 spiro atoms. The van der Waals surface area contributed by atoms with Gasteiger partial charge < -0.3 is 14.2 Å². The number of nitrogens with zero attached hydrogens (tertiary/aromatic N) is 6. The third-order valence-electron chi connectivity index (χ3n) is 5.88. The van der Waals surface area contributed by atoms with Gasteiger partial charge in [-0.1, -0.05) is 17.2 Å². The van der Waals surface area contributed by atoms with Gasteiger partial charge in [-0.15, -0.1) is 0 Å². The number of benzene rings is 1. The van der Waals surface area contributed by atoms with Crippen LogP contribution in [0.5, 0.6) is 5.75 Å². The zero-order valence-electron chi connectivity index (χ0n) is 20.7. The Morgan fingerprint density at radius 3 is 2.58 bits per heavy atom. The summed E-state index contributed by atoms with van der Waals surface area (Å²) < 4.78 is 57.3. The van der Waals surface area contributed by atoms with Crippen LogP contribution in [0.15, 0.2) is 36.4 Å². The molecule has 1 aliphatic rings. The molecule has 12 nitrogen and oxygen atoms in total. The number of aryl methyl sites for hydroxylation is 1. The van der Waals surface area contributed by atoms with E-state index in [9.17, 15) is 22.8 Å². The molecular weight excluding hydrogens is 511 g/mol. The lowest BCUT2D eigenvalue weighted by Gasteiger charge is -2.31. The number of amides is 2. The number of hydrogen-bond donors (Lipinski definition) is 1. The molecule has 0 radical (unpaired) electrons. The van der Waals surface area contributed by atoms with E-state index in [4.69, 9.17) is 14.2 Å². The largest absolute Gasteiger partial charge is 0.497 e.